The van der Waals surface area contributed by atoms with Crippen LogP contribution >= 0.6 is 0 Å². The zero-order valence-electron chi connectivity index (χ0n) is 15.5. The Kier molecular flexibility index (Phi) is 5.47. The van der Waals surface area contributed by atoms with Gasteiger partial charge in [0.1, 0.15) is 11.4 Å². The van der Waals surface area contributed by atoms with Gasteiger partial charge in [-0.1, -0.05) is 43.2 Å². The quantitative estimate of drug-likeness (QED) is 0.655. The topological polar surface area (TPSA) is 76.1 Å². The Morgan fingerprint density at radius 1 is 0.964 bits per heavy atom. The average molecular weight is 374 g/mol. The Bertz CT molecular complexity index is 940. The van der Waals surface area contributed by atoms with Gasteiger partial charge in [-0.2, -0.15) is 0 Å². The Hall–Kier alpha value is -3.41. The number of hydrogen-bond acceptors (Lipinski definition) is 5. The molecule has 3 aromatic rings. The first-order valence-corrected chi connectivity index (χ1v) is 9.51. The van der Waals surface area contributed by atoms with Gasteiger partial charge in [-0.05, 0) is 43.2 Å². The zero-order valence-corrected chi connectivity index (χ0v) is 15.5. The second kappa shape index (κ2) is 8.52. The van der Waals surface area contributed by atoms with Crippen molar-refractivity contribution in [3.63, 3.8) is 0 Å². The van der Waals surface area contributed by atoms with Crippen LogP contribution in [0.2, 0.25) is 0 Å². The standard InChI is InChI=1S/C22H22N4O2/c27-21(24-16-8-4-5-9-16)19-14-15-23-22(26-19)25-18-12-6-7-13-20(18)28-17-10-2-1-3-11-17/h1-3,6-7,10-16H,4-5,8-9H2,(H,24,27)(H,23,25,26). The van der Waals surface area contributed by atoms with Crippen molar-refractivity contribution in [2.24, 2.45) is 0 Å². The largest absolute Gasteiger partial charge is 0.455 e. The van der Waals surface area contributed by atoms with Crippen molar-refractivity contribution in [2.75, 3.05) is 5.32 Å². The number of anilines is 2. The molecular weight excluding hydrogens is 352 g/mol. The third-order valence-corrected chi connectivity index (χ3v) is 4.68. The third kappa shape index (κ3) is 4.46. The van der Waals surface area contributed by atoms with Crippen LogP contribution in [0, 0.1) is 0 Å². The molecule has 2 aromatic carbocycles. The van der Waals surface area contributed by atoms with Gasteiger partial charge in [0.15, 0.2) is 5.75 Å². The highest BCUT2D eigenvalue weighted by Gasteiger charge is 2.19. The van der Waals surface area contributed by atoms with Crippen molar-refractivity contribution < 1.29 is 9.53 Å². The van der Waals surface area contributed by atoms with Crippen LogP contribution in [0.15, 0.2) is 66.9 Å². The van der Waals surface area contributed by atoms with E-state index in [-0.39, 0.29) is 11.9 Å². The number of nitrogens with one attached hydrogen (secondary N) is 2. The molecule has 6 heteroatoms. The molecule has 0 atom stereocenters. The van der Waals surface area contributed by atoms with Gasteiger partial charge in [0.05, 0.1) is 5.69 Å². The summed E-state index contributed by atoms with van der Waals surface area (Å²) in [6.07, 6.45) is 5.98. The molecule has 2 N–H and O–H groups in total. The maximum atomic E-state index is 12.5. The molecule has 1 fully saturated rings. The molecule has 1 aliphatic rings. The number of ether oxygens (including phenoxy) is 1. The first-order chi connectivity index (χ1) is 13.8. The van der Waals surface area contributed by atoms with Gasteiger partial charge < -0.3 is 15.4 Å². The first kappa shape index (κ1) is 18.0. The summed E-state index contributed by atoms with van der Waals surface area (Å²) in [6.45, 7) is 0. The lowest BCUT2D eigenvalue weighted by molar-refractivity contribution is 0.0933. The molecular formula is C22H22N4O2. The fraction of sp³-hybridized carbons (Fsp3) is 0.227. The molecule has 0 aliphatic heterocycles. The van der Waals surface area contributed by atoms with E-state index in [4.69, 9.17) is 4.74 Å². The summed E-state index contributed by atoms with van der Waals surface area (Å²) in [5, 5.41) is 6.20. The van der Waals surface area contributed by atoms with Crippen LogP contribution < -0.4 is 15.4 Å². The predicted molar refractivity (Wildman–Crippen MR) is 108 cm³/mol. The summed E-state index contributed by atoms with van der Waals surface area (Å²) in [5.41, 5.74) is 1.07. The molecule has 0 saturated heterocycles. The molecule has 1 saturated carbocycles. The van der Waals surface area contributed by atoms with E-state index in [1.165, 1.54) is 12.8 Å². The normalized spacial score (nSPS) is 13.9. The van der Waals surface area contributed by atoms with Crippen molar-refractivity contribution in [1.82, 2.24) is 15.3 Å². The van der Waals surface area contributed by atoms with Crippen molar-refractivity contribution in [3.8, 4) is 11.5 Å². The molecule has 1 aromatic heterocycles. The van der Waals surface area contributed by atoms with Gasteiger partial charge in [0.2, 0.25) is 5.95 Å². The zero-order chi connectivity index (χ0) is 19.2. The van der Waals surface area contributed by atoms with Crippen molar-refractivity contribution >= 4 is 17.5 Å². The van der Waals surface area contributed by atoms with Gasteiger partial charge in [0, 0.05) is 12.2 Å². The van der Waals surface area contributed by atoms with E-state index in [0.29, 0.717) is 17.4 Å². The van der Waals surface area contributed by atoms with Gasteiger partial charge in [-0.25, -0.2) is 9.97 Å². The maximum absolute atomic E-state index is 12.5. The fourth-order valence-corrected chi connectivity index (χ4v) is 3.27. The lowest BCUT2D eigenvalue weighted by atomic mass is 10.2. The monoisotopic (exact) mass is 374 g/mol. The number of hydrogen-bond donors (Lipinski definition) is 2. The SMILES string of the molecule is O=C(NC1CCCC1)c1ccnc(Nc2ccccc2Oc2ccccc2)n1. The van der Waals surface area contributed by atoms with Gasteiger partial charge in [-0.15, -0.1) is 0 Å². The summed E-state index contributed by atoms with van der Waals surface area (Å²) in [6, 6.07) is 19.0. The highest BCUT2D eigenvalue weighted by molar-refractivity contribution is 5.92. The van der Waals surface area contributed by atoms with E-state index in [2.05, 4.69) is 20.6 Å². The van der Waals surface area contributed by atoms with E-state index >= 15 is 0 Å². The van der Waals surface area contributed by atoms with Crippen LogP contribution in [-0.4, -0.2) is 21.9 Å². The van der Waals surface area contributed by atoms with Crippen molar-refractivity contribution in [1.29, 1.82) is 0 Å². The average Bonchev–Trinajstić information content (AvgIpc) is 3.23. The molecule has 1 amide bonds. The van der Waals surface area contributed by atoms with E-state index in [0.717, 1.165) is 24.3 Å². The van der Waals surface area contributed by atoms with E-state index < -0.39 is 0 Å². The summed E-state index contributed by atoms with van der Waals surface area (Å²) < 4.78 is 5.95. The lowest BCUT2D eigenvalue weighted by Crippen LogP contribution is -2.33. The predicted octanol–water partition coefficient (Wildman–Crippen LogP) is 4.68. The third-order valence-electron chi connectivity index (χ3n) is 4.68. The smallest absolute Gasteiger partial charge is 0.270 e. The van der Waals surface area contributed by atoms with E-state index in [9.17, 15) is 4.79 Å². The molecule has 0 radical (unpaired) electrons. The molecule has 0 bridgehead atoms. The number of carbonyl (C=O) groups is 1. The number of benzene rings is 2. The summed E-state index contributed by atoms with van der Waals surface area (Å²) in [7, 11) is 0. The molecule has 1 aliphatic carbocycles. The first-order valence-electron chi connectivity index (χ1n) is 9.51. The number of para-hydroxylation sites is 3. The molecule has 28 heavy (non-hydrogen) atoms. The van der Waals surface area contributed by atoms with Gasteiger partial charge in [0.25, 0.3) is 5.91 Å². The molecule has 142 valence electrons. The summed E-state index contributed by atoms with van der Waals surface area (Å²) >= 11 is 0. The molecule has 0 spiro atoms. The Balaban J connectivity index is 1.49. The number of aromatic nitrogens is 2. The highest BCUT2D eigenvalue weighted by Crippen LogP contribution is 2.30. The van der Waals surface area contributed by atoms with Crippen LogP contribution in [0.3, 0.4) is 0 Å². The van der Waals surface area contributed by atoms with Crippen LogP contribution in [0.25, 0.3) is 0 Å². The van der Waals surface area contributed by atoms with Gasteiger partial charge in [-0.3, -0.25) is 4.79 Å². The molecule has 6 nitrogen and oxygen atoms in total. The van der Waals surface area contributed by atoms with Crippen LogP contribution in [-0.2, 0) is 0 Å². The minimum Gasteiger partial charge on any atom is -0.455 e. The number of carbonyl (C=O) groups excluding carboxylic acids is 1. The number of nitrogens with zero attached hydrogens (tertiary/aromatic N) is 2. The maximum Gasteiger partial charge on any atom is 0.270 e. The van der Waals surface area contributed by atoms with Crippen LogP contribution in [0.4, 0.5) is 11.6 Å². The minimum absolute atomic E-state index is 0.161. The number of rotatable bonds is 6. The minimum atomic E-state index is -0.161. The molecule has 4 rings (SSSR count). The molecule has 0 unspecified atom stereocenters. The van der Waals surface area contributed by atoms with Crippen LogP contribution in [0.1, 0.15) is 36.2 Å². The van der Waals surface area contributed by atoms with Crippen LogP contribution in [0.5, 0.6) is 11.5 Å². The number of amides is 1. The fourth-order valence-electron chi connectivity index (χ4n) is 3.27. The summed E-state index contributed by atoms with van der Waals surface area (Å²) in [4.78, 5) is 21.1. The summed E-state index contributed by atoms with van der Waals surface area (Å²) in [5.74, 6) is 1.58. The second-order valence-electron chi connectivity index (χ2n) is 6.76. The van der Waals surface area contributed by atoms with E-state index in [1.54, 1.807) is 12.3 Å². The Morgan fingerprint density at radius 2 is 1.71 bits per heavy atom. The van der Waals surface area contributed by atoms with E-state index in [1.807, 2.05) is 54.6 Å². The molecule has 1 heterocycles. The van der Waals surface area contributed by atoms with Gasteiger partial charge >= 0.3 is 0 Å². The van der Waals surface area contributed by atoms with Crippen molar-refractivity contribution in [2.45, 2.75) is 31.7 Å². The highest BCUT2D eigenvalue weighted by atomic mass is 16.5. The Labute approximate surface area is 164 Å². The second-order valence-corrected chi connectivity index (χ2v) is 6.76. The lowest BCUT2D eigenvalue weighted by Gasteiger charge is -2.13. The van der Waals surface area contributed by atoms with Crippen molar-refractivity contribution in [3.05, 3.63) is 72.6 Å². The Morgan fingerprint density at radius 3 is 2.54 bits per heavy atom.